The van der Waals surface area contributed by atoms with Crippen molar-refractivity contribution in [3.8, 4) is 0 Å². The number of morpholine rings is 1. The van der Waals surface area contributed by atoms with E-state index in [-0.39, 0.29) is 17.9 Å². The Balaban J connectivity index is 1.46. The van der Waals surface area contributed by atoms with Gasteiger partial charge in [-0.1, -0.05) is 0 Å². The fourth-order valence-electron chi connectivity index (χ4n) is 4.75. The van der Waals surface area contributed by atoms with Crippen molar-refractivity contribution in [3.05, 3.63) is 24.0 Å². The largest absolute Gasteiger partial charge is 0.378 e. The molecule has 3 aliphatic heterocycles. The van der Waals surface area contributed by atoms with E-state index in [1.807, 2.05) is 11.0 Å². The van der Waals surface area contributed by atoms with Crippen LogP contribution >= 0.6 is 0 Å². The standard InChI is InChI=1S/C21H31FN4O2/c22-17-12-18(14-19(13-17)25-8-10-28-11-9-25)24-21(27)26-7-2-1-5-20(26)16-4-3-6-23-15-16/h12-14,16,20,23H,1-11,15H2,(H,24,27). The predicted octanol–water partition coefficient (Wildman–Crippen LogP) is 3.05. The van der Waals surface area contributed by atoms with Crippen LogP contribution in [0.1, 0.15) is 32.1 Å². The first-order valence-electron chi connectivity index (χ1n) is 10.6. The number of urea groups is 1. The van der Waals surface area contributed by atoms with Crippen LogP contribution in [0.2, 0.25) is 0 Å². The number of carbonyl (C=O) groups is 1. The summed E-state index contributed by atoms with van der Waals surface area (Å²) in [7, 11) is 0. The van der Waals surface area contributed by atoms with Crippen LogP contribution in [0.5, 0.6) is 0 Å². The van der Waals surface area contributed by atoms with Crippen LogP contribution < -0.4 is 15.5 Å². The molecule has 0 saturated carbocycles. The van der Waals surface area contributed by atoms with Gasteiger partial charge in [0, 0.05) is 37.1 Å². The molecule has 1 aromatic rings. The van der Waals surface area contributed by atoms with Crippen molar-refractivity contribution in [1.29, 1.82) is 0 Å². The number of anilines is 2. The topological polar surface area (TPSA) is 56.8 Å². The predicted molar refractivity (Wildman–Crippen MR) is 108 cm³/mol. The minimum atomic E-state index is -0.328. The quantitative estimate of drug-likeness (QED) is 0.833. The first kappa shape index (κ1) is 19.5. The molecule has 154 valence electrons. The van der Waals surface area contributed by atoms with E-state index in [2.05, 4.69) is 15.5 Å². The molecular formula is C21H31FN4O2. The third-order valence-corrected chi connectivity index (χ3v) is 6.20. The summed E-state index contributed by atoms with van der Waals surface area (Å²) in [5.41, 5.74) is 1.32. The van der Waals surface area contributed by atoms with Gasteiger partial charge in [0.15, 0.2) is 0 Å². The van der Waals surface area contributed by atoms with Crippen molar-refractivity contribution in [1.82, 2.24) is 10.2 Å². The van der Waals surface area contributed by atoms with Gasteiger partial charge in [0.2, 0.25) is 0 Å². The third-order valence-electron chi connectivity index (χ3n) is 6.20. The molecule has 0 radical (unpaired) electrons. The van der Waals surface area contributed by atoms with Crippen LogP contribution in [0, 0.1) is 11.7 Å². The molecule has 3 fully saturated rings. The number of nitrogens with zero attached hydrogens (tertiary/aromatic N) is 2. The highest BCUT2D eigenvalue weighted by molar-refractivity contribution is 5.90. The van der Waals surface area contributed by atoms with E-state index >= 15 is 0 Å². The number of carbonyl (C=O) groups excluding carboxylic acids is 1. The Hall–Kier alpha value is -1.86. The van der Waals surface area contributed by atoms with Gasteiger partial charge in [-0.15, -0.1) is 0 Å². The summed E-state index contributed by atoms with van der Waals surface area (Å²) in [5.74, 6) is 0.183. The van der Waals surface area contributed by atoms with E-state index in [4.69, 9.17) is 4.74 Å². The number of likely N-dealkylation sites (tertiary alicyclic amines) is 1. The lowest BCUT2D eigenvalue weighted by molar-refractivity contribution is 0.115. The maximum Gasteiger partial charge on any atom is 0.322 e. The lowest BCUT2D eigenvalue weighted by atomic mass is 9.85. The Bertz CT molecular complexity index is 674. The fraction of sp³-hybridized carbons (Fsp3) is 0.667. The first-order chi connectivity index (χ1) is 13.7. The minimum absolute atomic E-state index is 0.103. The summed E-state index contributed by atoms with van der Waals surface area (Å²) in [6.45, 7) is 5.59. The Labute approximate surface area is 166 Å². The summed E-state index contributed by atoms with van der Waals surface area (Å²) in [5, 5.41) is 6.44. The highest BCUT2D eigenvalue weighted by Crippen LogP contribution is 2.29. The van der Waals surface area contributed by atoms with Gasteiger partial charge in [-0.05, 0) is 69.3 Å². The maximum atomic E-state index is 14.2. The minimum Gasteiger partial charge on any atom is -0.378 e. The van der Waals surface area contributed by atoms with E-state index in [0.717, 1.165) is 51.3 Å². The number of hydrogen-bond donors (Lipinski definition) is 2. The number of halogens is 1. The van der Waals surface area contributed by atoms with Crippen molar-refractivity contribution in [2.24, 2.45) is 5.92 Å². The molecule has 6 nitrogen and oxygen atoms in total. The zero-order valence-corrected chi connectivity index (χ0v) is 16.5. The molecule has 3 aliphatic rings. The van der Waals surface area contributed by atoms with Crippen LogP contribution in [0.15, 0.2) is 18.2 Å². The van der Waals surface area contributed by atoms with E-state index in [1.165, 1.54) is 31.4 Å². The van der Waals surface area contributed by atoms with Gasteiger partial charge >= 0.3 is 6.03 Å². The molecule has 4 rings (SSSR count). The van der Waals surface area contributed by atoms with E-state index in [1.54, 1.807) is 0 Å². The summed E-state index contributed by atoms with van der Waals surface area (Å²) < 4.78 is 19.6. The van der Waals surface area contributed by atoms with E-state index < -0.39 is 0 Å². The first-order valence-corrected chi connectivity index (χ1v) is 10.6. The molecule has 0 aliphatic carbocycles. The second kappa shape index (κ2) is 9.09. The van der Waals surface area contributed by atoms with Gasteiger partial charge in [-0.2, -0.15) is 0 Å². The van der Waals surface area contributed by atoms with Crippen LogP contribution in [0.4, 0.5) is 20.6 Å². The molecular weight excluding hydrogens is 359 g/mol. The number of nitrogens with one attached hydrogen (secondary N) is 2. The molecule has 3 saturated heterocycles. The smallest absolute Gasteiger partial charge is 0.322 e. The van der Waals surface area contributed by atoms with E-state index in [9.17, 15) is 9.18 Å². The molecule has 0 bridgehead atoms. The number of hydrogen-bond acceptors (Lipinski definition) is 4. The Morgan fingerprint density at radius 2 is 1.96 bits per heavy atom. The molecule has 7 heteroatoms. The summed E-state index contributed by atoms with van der Waals surface area (Å²) >= 11 is 0. The molecule has 0 aromatic heterocycles. The second-order valence-electron chi connectivity index (χ2n) is 8.09. The van der Waals surface area contributed by atoms with Gasteiger partial charge in [0.25, 0.3) is 0 Å². The summed E-state index contributed by atoms with van der Waals surface area (Å²) in [6.07, 6.45) is 5.60. The Morgan fingerprint density at radius 3 is 2.75 bits per heavy atom. The molecule has 28 heavy (non-hydrogen) atoms. The van der Waals surface area contributed by atoms with Gasteiger partial charge in [0.05, 0.1) is 13.2 Å². The molecule has 2 amide bonds. The molecule has 2 atom stereocenters. The third kappa shape index (κ3) is 4.58. The van der Waals surface area contributed by atoms with E-state index in [0.29, 0.717) is 24.8 Å². The second-order valence-corrected chi connectivity index (χ2v) is 8.09. The maximum absolute atomic E-state index is 14.2. The van der Waals surface area contributed by atoms with Gasteiger partial charge in [0.1, 0.15) is 5.82 Å². The lowest BCUT2D eigenvalue weighted by Crippen LogP contribution is -2.52. The molecule has 3 heterocycles. The summed E-state index contributed by atoms with van der Waals surface area (Å²) in [6, 6.07) is 4.97. The molecule has 0 spiro atoms. The normalized spacial score (nSPS) is 26.2. The van der Waals surface area contributed by atoms with Gasteiger partial charge in [-0.3, -0.25) is 0 Å². The van der Waals surface area contributed by atoms with Crippen molar-refractivity contribution in [2.75, 3.05) is 56.2 Å². The summed E-state index contributed by atoms with van der Waals surface area (Å²) in [4.78, 5) is 17.1. The van der Waals surface area contributed by atoms with Crippen LogP contribution in [-0.2, 0) is 4.74 Å². The van der Waals surface area contributed by atoms with Crippen molar-refractivity contribution >= 4 is 17.4 Å². The fourth-order valence-corrected chi connectivity index (χ4v) is 4.75. The SMILES string of the molecule is O=C(Nc1cc(F)cc(N2CCOCC2)c1)N1CCCCC1C1CCCNC1. The van der Waals surface area contributed by atoms with Crippen LogP contribution in [0.3, 0.4) is 0 Å². The number of piperidine rings is 2. The zero-order chi connectivity index (χ0) is 19.3. The average Bonchev–Trinajstić information content (AvgIpc) is 2.74. The zero-order valence-electron chi connectivity index (χ0n) is 16.5. The van der Waals surface area contributed by atoms with Crippen molar-refractivity contribution < 1.29 is 13.9 Å². The lowest BCUT2D eigenvalue weighted by Gasteiger charge is -2.42. The molecule has 1 aromatic carbocycles. The number of amides is 2. The van der Waals surface area contributed by atoms with Crippen LogP contribution in [-0.4, -0.2) is 62.9 Å². The van der Waals surface area contributed by atoms with Crippen molar-refractivity contribution in [2.45, 2.75) is 38.1 Å². The van der Waals surface area contributed by atoms with Gasteiger partial charge < -0.3 is 25.2 Å². The highest BCUT2D eigenvalue weighted by Gasteiger charge is 2.33. The molecule has 2 unspecified atom stereocenters. The number of rotatable bonds is 3. The van der Waals surface area contributed by atoms with Gasteiger partial charge in [-0.25, -0.2) is 9.18 Å². The number of ether oxygens (including phenoxy) is 1. The number of benzene rings is 1. The van der Waals surface area contributed by atoms with Crippen LogP contribution in [0.25, 0.3) is 0 Å². The highest BCUT2D eigenvalue weighted by atomic mass is 19.1. The van der Waals surface area contributed by atoms with Crippen molar-refractivity contribution in [3.63, 3.8) is 0 Å². The molecule has 2 N–H and O–H groups in total. The Kier molecular flexibility index (Phi) is 6.32. The average molecular weight is 391 g/mol. The monoisotopic (exact) mass is 390 g/mol. The Morgan fingerprint density at radius 1 is 1.11 bits per heavy atom.